The number of nitrogens with zero attached hydrogens (tertiary/aromatic N) is 6. The van der Waals surface area contributed by atoms with Crippen LogP contribution in [0.2, 0.25) is 0 Å². The summed E-state index contributed by atoms with van der Waals surface area (Å²) in [5, 5.41) is 30.0. The van der Waals surface area contributed by atoms with Gasteiger partial charge in [-0.15, -0.1) is 0 Å². The monoisotopic (exact) mass is 544 g/mol. The molecule has 2 N–H and O–H groups in total. The van der Waals surface area contributed by atoms with Crippen molar-refractivity contribution in [3.8, 4) is 17.0 Å². The van der Waals surface area contributed by atoms with Crippen molar-refractivity contribution in [1.82, 2.24) is 24.4 Å². The molecule has 0 saturated carbocycles. The summed E-state index contributed by atoms with van der Waals surface area (Å²) in [4.78, 5) is 18.8. The van der Waals surface area contributed by atoms with Crippen LogP contribution in [-0.4, -0.2) is 60.3 Å². The Hall–Kier alpha value is -3.92. The fraction of sp³-hybridized carbons (Fsp3) is 0.467. The zero-order valence-corrected chi connectivity index (χ0v) is 23.1. The molecule has 0 unspecified atom stereocenters. The minimum atomic E-state index is -1.69. The van der Waals surface area contributed by atoms with Gasteiger partial charge in [-0.25, -0.2) is 9.78 Å². The van der Waals surface area contributed by atoms with E-state index in [4.69, 9.17) is 9.84 Å². The number of aromatic nitrogens is 5. The quantitative estimate of drug-likeness (QED) is 0.375. The summed E-state index contributed by atoms with van der Waals surface area (Å²) in [7, 11) is 0. The number of fused-ring (bicyclic) bond motifs is 7. The molecule has 0 aliphatic carbocycles. The second kappa shape index (κ2) is 10.6. The first-order valence-electron chi connectivity index (χ1n) is 14.1. The largest absolute Gasteiger partial charge is 0.493 e. The summed E-state index contributed by atoms with van der Waals surface area (Å²) >= 11 is 0. The smallest absolute Gasteiger partial charge is 0.337 e. The van der Waals surface area contributed by atoms with Crippen LogP contribution in [0.4, 0.5) is 5.82 Å². The number of piperidine rings is 1. The maximum atomic E-state index is 11.9. The molecule has 0 spiro atoms. The molecular weight excluding hydrogens is 508 g/mol. The SMILES string of the molecule is Cc1nc2cc3nn2c(c1[C@H](O)C(=O)O)N1CCC(C)(CCCCCOc2ccccc2Cn2cc-3cn2)CC1. The van der Waals surface area contributed by atoms with Gasteiger partial charge in [-0.2, -0.15) is 14.7 Å². The fourth-order valence-electron chi connectivity index (χ4n) is 6.06. The Labute approximate surface area is 233 Å². The van der Waals surface area contributed by atoms with Crippen LogP contribution in [0, 0.1) is 12.3 Å². The van der Waals surface area contributed by atoms with Gasteiger partial charge in [0.05, 0.1) is 30.6 Å². The van der Waals surface area contributed by atoms with E-state index in [0.717, 1.165) is 68.5 Å². The highest BCUT2D eigenvalue weighted by atomic mass is 16.5. The van der Waals surface area contributed by atoms with E-state index in [1.54, 1.807) is 17.6 Å². The van der Waals surface area contributed by atoms with Crippen LogP contribution >= 0.6 is 0 Å². The Morgan fingerprint density at radius 1 is 1.12 bits per heavy atom. The molecule has 3 aliphatic heterocycles. The van der Waals surface area contributed by atoms with Crippen molar-refractivity contribution in [2.45, 2.75) is 65.0 Å². The number of carboxylic acid groups (broad SMARTS) is 1. The van der Waals surface area contributed by atoms with E-state index in [0.29, 0.717) is 41.6 Å². The first-order valence-corrected chi connectivity index (χ1v) is 14.1. The van der Waals surface area contributed by atoms with Gasteiger partial charge in [0.15, 0.2) is 11.8 Å². The van der Waals surface area contributed by atoms with Crippen molar-refractivity contribution in [2.24, 2.45) is 5.41 Å². The zero-order valence-electron chi connectivity index (χ0n) is 23.1. The molecule has 10 heteroatoms. The van der Waals surface area contributed by atoms with Crippen molar-refractivity contribution < 1.29 is 19.7 Å². The lowest BCUT2D eigenvalue weighted by Gasteiger charge is -2.41. The average Bonchev–Trinajstić information content (AvgIpc) is 3.57. The molecule has 6 heterocycles. The van der Waals surface area contributed by atoms with E-state index in [1.165, 1.54) is 0 Å². The molecule has 210 valence electrons. The Morgan fingerprint density at radius 2 is 1.93 bits per heavy atom. The van der Waals surface area contributed by atoms with Gasteiger partial charge in [0.2, 0.25) is 0 Å². The summed E-state index contributed by atoms with van der Waals surface area (Å²) in [6.45, 7) is 6.86. The third-order valence-electron chi connectivity index (χ3n) is 8.50. The maximum absolute atomic E-state index is 11.9. The van der Waals surface area contributed by atoms with Gasteiger partial charge in [-0.3, -0.25) is 4.68 Å². The number of anilines is 1. The van der Waals surface area contributed by atoms with E-state index in [2.05, 4.69) is 28.0 Å². The lowest BCUT2D eigenvalue weighted by molar-refractivity contribution is -0.147. The first kappa shape index (κ1) is 26.3. The maximum Gasteiger partial charge on any atom is 0.337 e. The Balaban J connectivity index is 1.45. The summed E-state index contributed by atoms with van der Waals surface area (Å²) < 4.78 is 9.75. The number of aryl methyl sites for hydroxylation is 1. The number of benzene rings is 1. The van der Waals surface area contributed by atoms with Crippen molar-refractivity contribution in [1.29, 1.82) is 0 Å². The minimum Gasteiger partial charge on any atom is -0.493 e. The number of ether oxygens (including phenoxy) is 1. The molecule has 1 saturated heterocycles. The lowest BCUT2D eigenvalue weighted by atomic mass is 9.76. The number of carboxylic acids is 1. The molecule has 3 aliphatic rings. The van der Waals surface area contributed by atoms with Crippen molar-refractivity contribution >= 4 is 17.4 Å². The highest BCUT2D eigenvalue weighted by molar-refractivity contribution is 5.78. The molecule has 4 aromatic rings. The second-order valence-corrected chi connectivity index (χ2v) is 11.5. The summed E-state index contributed by atoms with van der Waals surface area (Å²) in [5.41, 5.74) is 4.17. The highest BCUT2D eigenvalue weighted by Gasteiger charge is 2.34. The molecule has 10 nitrogen and oxygen atoms in total. The van der Waals surface area contributed by atoms with Crippen molar-refractivity contribution in [3.63, 3.8) is 0 Å². The number of hydrogen-bond acceptors (Lipinski definition) is 7. The van der Waals surface area contributed by atoms with Gasteiger partial charge in [-0.1, -0.05) is 38.0 Å². The third kappa shape index (κ3) is 5.03. The average molecular weight is 545 g/mol. The molecule has 7 rings (SSSR count). The van der Waals surface area contributed by atoms with Crippen LogP contribution in [0.3, 0.4) is 0 Å². The number of aliphatic hydroxyl groups excluding tert-OH is 1. The molecule has 1 aromatic carbocycles. The molecule has 6 bridgehead atoms. The number of carbonyl (C=O) groups is 1. The highest BCUT2D eigenvalue weighted by Crippen LogP contribution is 2.40. The minimum absolute atomic E-state index is 0.210. The zero-order chi connectivity index (χ0) is 27.9. The van der Waals surface area contributed by atoms with Gasteiger partial charge in [0, 0.05) is 42.2 Å². The van der Waals surface area contributed by atoms with E-state index in [9.17, 15) is 15.0 Å². The lowest BCUT2D eigenvalue weighted by Crippen LogP contribution is -2.40. The van der Waals surface area contributed by atoms with Crippen LogP contribution in [0.1, 0.15) is 68.4 Å². The number of aliphatic carboxylic acids is 1. The van der Waals surface area contributed by atoms with Gasteiger partial charge < -0.3 is 19.8 Å². The molecule has 0 amide bonds. The topological polar surface area (TPSA) is 118 Å². The summed E-state index contributed by atoms with van der Waals surface area (Å²) in [6, 6.07) is 9.98. The van der Waals surface area contributed by atoms with E-state index in [-0.39, 0.29) is 5.41 Å². The van der Waals surface area contributed by atoms with Crippen LogP contribution in [0.25, 0.3) is 16.9 Å². The van der Waals surface area contributed by atoms with Gasteiger partial charge in [-0.05, 0) is 44.1 Å². The van der Waals surface area contributed by atoms with Crippen LogP contribution < -0.4 is 9.64 Å². The van der Waals surface area contributed by atoms with Crippen molar-refractivity contribution in [2.75, 3.05) is 24.6 Å². The molecule has 1 atom stereocenters. The Kier molecular flexibility index (Phi) is 6.95. The number of para-hydroxylation sites is 1. The fourth-order valence-corrected chi connectivity index (χ4v) is 6.06. The normalized spacial score (nSPS) is 18.3. The van der Waals surface area contributed by atoms with E-state index < -0.39 is 12.1 Å². The molecule has 1 fully saturated rings. The molecular formula is C30H36N6O4. The third-order valence-corrected chi connectivity index (χ3v) is 8.50. The first-order chi connectivity index (χ1) is 19.3. The molecule has 0 radical (unpaired) electrons. The van der Waals surface area contributed by atoms with E-state index >= 15 is 0 Å². The predicted molar refractivity (Wildman–Crippen MR) is 151 cm³/mol. The summed E-state index contributed by atoms with van der Waals surface area (Å²) in [6.07, 6.45) is 8.38. The number of rotatable bonds is 2. The van der Waals surface area contributed by atoms with Crippen LogP contribution in [-0.2, 0) is 11.3 Å². The van der Waals surface area contributed by atoms with Gasteiger partial charge >= 0.3 is 5.97 Å². The van der Waals surface area contributed by atoms with E-state index in [1.807, 2.05) is 35.1 Å². The predicted octanol–water partition coefficient (Wildman–Crippen LogP) is 4.63. The summed E-state index contributed by atoms with van der Waals surface area (Å²) in [5.74, 6) is 0.195. The number of aliphatic hydroxyl groups is 1. The molecule has 3 aromatic heterocycles. The van der Waals surface area contributed by atoms with Gasteiger partial charge in [0.25, 0.3) is 0 Å². The molecule has 40 heavy (non-hydrogen) atoms. The van der Waals surface area contributed by atoms with Crippen LogP contribution in [0.15, 0.2) is 42.7 Å². The number of hydrogen-bond donors (Lipinski definition) is 2. The van der Waals surface area contributed by atoms with Crippen molar-refractivity contribution in [3.05, 3.63) is 59.5 Å². The van der Waals surface area contributed by atoms with Gasteiger partial charge in [0.1, 0.15) is 11.6 Å². The Morgan fingerprint density at radius 3 is 2.73 bits per heavy atom. The Bertz CT molecular complexity index is 1530. The standard InChI is InChI=1S/C30H36N6O4/c1-20-26(27(37)29(38)39)28-34-13-11-30(2,12-14-34)10-6-3-7-15-40-24-9-5-4-8-21(24)18-35-19-22(17-31-35)23-16-25(32-20)36(28)33-23/h4-5,8-9,16-17,19,27,37H,3,6-7,10-15,18H2,1-2H3,(H,38,39)/t27-/m0/s1. The second-order valence-electron chi connectivity index (χ2n) is 11.5. The van der Waals surface area contributed by atoms with Crippen LogP contribution in [0.5, 0.6) is 5.75 Å².